The fourth-order valence-electron chi connectivity index (χ4n) is 1.50. The number of hydrogen-bond acceptors (Lipinski definition) is 5. The number of hydrazine groups is 1. The van der Waals surface area contributed by atoms with E-state index in [0.717, 1.165) is 0 Å². The molecule has 1 aromatic carbocycles. The van der Waals surface area contributed by atoms with E-state index in [2.05, 4.69) is 4.98 Å². The van der Waals surface area contributed by atoms with Crippen LogP contribution in [0, 0.1) is 11.6 Å². The van der Waals surface area contributed by atoms with E-state index in [9.17, 15) is 8.78 Å². The molecule has 0 spiro atoms. The average Bonchev–Trinajstić information content (AvgIpc) is 2.44. The van der Waals surface area contributed by atoms with Gasteiger partial charge < -0.3 is 14.9 Å². The van der Waals surface area contributed by atoms with Gasteiger partial charge in [-0.05, 0) is 31.2 Å². The van der Waals surface area contributed by atoms with Gasteiger partial charge in [-0.15, -0.1) is 0 Å². The van der Waals surface area contributed by atoms with E-state index >= 15 is 0 Å². The Labute approximate surface area is 114 Å². The molecule has 2 rings (SSSR count). The summed E-state index contributed by atoms with van der Waals surface area (Å²) >= 11 is 0. The lowest BCUT2D eigenvalue weighted by Gasteiger charge is -2.09. The second-order valence-corrected chi connectivity index (χ2v) is 3.76. The van der Waals surface area contributed by atoms with Crippen LogP contribution in [0.25, 0.3) is 0 Å². The zero-order valence-electron chi connectivity index (χ0n) is 10.7. The molecule has 20 heavy (non-hydrogen) atoms. The van der Waals surface area contributed by atoms with E-state index < -0.39 is 11.6 Å². The minimum Gasteiger partial charge on any atom is -0.494 e. The third-order valence-corrected chi connectivity index (χ3v) is 2.38. The van der Waals surface area contributed by atoms with Crippen molar-refractivity contribution in [2.45, 2.75) is 6.92 Å². The van der Waals surface area contributed by atoms with Gasteiger partial charge in [-0.25, -0.2) is 14.6 Å². The van der Waals surface area contributed by atoms with Crippen LogP contribution in [-0.2, 0) is 0 Å². The predicted molar refractivity (Wildman–Crippen MR) is 69.6 cm³/mol. The van der Waals surface area contributed by atoms with Gasteiger partial charge in [0.05, 0.1) is 6.61 Å². The smallest absolute Gasteiger partial charge is 0.258 e. The molecule has 0 fully saturated rings. The largest absolute Gasteiger partial charge is 0.494 e. The van der Waals surface area contributed by atoms with Gasteiger partial charge in [-0.3, -0.25) is 0 Å². The lowest BCUT2D eigenvalue weighted by Crippen LogP contribution is -2.11. The second-order valence-electron chi connectivity index (χ2n) is 3.76. The molecular formula is C13H13F2N3O2. The summed E-state index contributed by atoms with van der Waals surface area (Å²) in [5.74, 6) is 3.58. The minimum atomic E-state index is -0.921. The summed E-state index contributed by atoms with van der Waals surface area (Å²) in [5.41, 5.74) is 2.02. The highest BCUT2D eigenvalue weighted by Gasteiger charge is 2.13. The molecule has 0 bridgehead atoms. The first-order valence-corrected chi connectivity index (χ1v) is 5.87. The van der Waals surface area contributed by atoms with Crippen LogP contribution >= 0.6 is 0 Å². The molecule has 0 aliphatic carbocycles. The van der Waals surface area contributed by atoms with Gasteiger partial charge in [0.25, 0.3) is 5.88 Å². The third-order valence-electron chi connectivity index (χ3n) is 2.38. The van der Waals surface area contributed by atoms with E-state index in [1.165, 1.54) is 0 Å². The average molecular weight is 281 g/mol. The van der Waals surface area contributed by atoms with Crippen molar-refractivity contribution in [1.82, 2.24) is 4.98 Å². The Morgan fingerprint density at radius 3 is 2.40 bits per heavy atom. The fourth-order valence-corrected chi connectivity index (χ4v) is 1.50. The van der Waals surface area contributed by atoms with E-state index in [1.807, 2.05) is 12.3 Å². The molecule has 1 heterocycles. The van der Waals surface area contributed by atoms with E-state index in [0.29, 0.717) is 24.2 Å². The molecule has 5 nitrogen and oxygen atoms in total. The number of halogens is 2. The zero-order chi connectivity index (χ0) is 14.5. The van der Waals surface area contributed by atoms with Crippen LogP contribution in [0.3, 0.4) is 0 Å². The van der Waals surface area contributed by atoms with Crippen LogP contribution in [0.1, 0.15) is 6.92 Å². The molecule has 2 aromatic rings. The fraction of sp³-hybridized carbons (Fsp3) is 0.154. The Morgan fingerprint density at radius 1 is 1.15 bits per heavy atom. The third kappa shape index (κ3) is 3.12. The Hall–Kier alpha value is -2.41. The highest BCUT2D eigenvalue weighted by Crippen LogP contribution is 2.26. The predicted octanol–water partition coefficient (Wildman–Crippen LogP) is 2.84. The van der Waals surface area contributed by atoms with Crippen LogP contribution in [-0.4, -0.2) is 11.6 Å². The Bertz CT molecular complexity index is 591. The molecule has 0 saturated carbocycles. The summed E-state index contributed by atoms with van der Waals surface area (Å²) in [6, 6.07) is 7.16. The molecule has 1 aromatic heterocycles. The molecule has 0 atom stereocenters. The highest BCUT2D eigenvalue weighted by atomic mass is 19.1. The van der Waals surface area contributed by atoms with Crippen LogP contribution in [0.2, 0.25) is 0 Å². The van der Waals surface area contributed by atoms with Crippen molar-refractivity contribution in [3.63, 3.8) is 0 Å². The molecule has 7 heteroatoms. The number of hydrogen-bond donors (Lipinski definition) is 2. The van der Waals surface area contributed by atoms with Gasteiger partial charge in [0, 0.05) is 6.07 Å². The minimum absolute atomic E-state index is 0.299. The van der Waals surface area contributed by atoms with Crippen molar-refractivity contribution < 1.29 is 18.3 Å². The summed E-state index contributed by atoms with van der Waals surface area (Å²) in [6.07, 6.45) is 0. The molecule has 106 valence electrons. The SMILES string of the molecule is CCOc1ccc(Oc2nc(NN)c(F)cc2F)cc1. The Morgan fingerprint density at radius 2 is 1.80 bits per heavy atom. The summed E-state index contributed by atoms with van der Waals surface area (Å²) in [5, 5.41) is 0. The Kier molecular flexibility index (Phi) is 4.31. The van der Waals surface area contributed by atoms with Crippen LogP contribution in [0.15, 0.2) is 30.3 Å². The number of nitrogens with two attached hydrogens (primary N) is 1. The second kappa shape index (κ2) is 6.16. The van der Waals surface area contributed by atoms with Crippen molar-refractivity contribution in [2.24, 2.45) is 5.84 Å². The van der Waals surface area contributed by atoms with Crippen molar-refractivity contribution in [3.05, 3.63) is 42.0 Å². The van der Waals surface area contributed by atoms with Crippen molar-refractivity contribution >= 4 is 5.82 Å². The van der Waals surface area contributed by atoms with Gasteiger partial charge in [0.2, 0.25) is 0 Å². The van der Waals surface area contributed by atoms with Crippen LogP contribution in [0.5, 0.6) is 17.4 Å². The lowest BCUT2D eigenvalue weighted by molar-refractivity contribution is 0.339. The number of nitrogens with one attached hydrogen (secondary N) is 1. The quantitative estimate of drug-likeness (QED) is 0.651. The summed E-state index contributed by atoms with van der Waals surface area (Å²) < 4.78 is 37.2. The van der Waals surface area contributed by atoms with Gasteiger partial charge in [-0.1, -0.05) is 0 Å². The molecule has 0 saturated heterocycles. The standard InChI is InChI=1S/C13H13F2N3O2/c1-2-19-8-3-5-9(6-4-8)20-13-11(15)7-10(14)12(17-13)18-16/h3-7H,2,16H2,1H3,(H,17,18). The lowest BCUT2D eigenvalue weighted by atomic mass is 10.3. The first kappa shape index (κ1) is 14.0. The first-order valence-electron chi connectivity index (χ1n) is 5.87. The van der Waals surface area contributed by atoms with Gasteiger partial charge in [0.1, 0.15) is 11.5 Å². The number of nitrogens with zero attached hydrogens (tertiary/aromatic N) is 1. The van der Waals surface area contributed by atoms with Crippen molar-refractivity contribution in [3.8, 4) is 17.4 Å². The maximum atomic E-state index is 13.5. The van der Waals surface area contributed by atoms with Gasteiger partial charge in [0.15, 0.2) is 17.5 Å². The van der Waals surface area contributed by atoms with Gasteiger partial charge >= 0.3 is 0 Å². The summed E-state index contributed by atoms with van der Waals surface area (Å²) in [6.45, 7) is 2.41. The van der Waals surface area contributed by atoms with Crippen LogP contribution < -0.4 is 20.7 Å². The molecule has 0 aliphatic rings. The normalized spacial score (nSPS) is 10.2. The molecule has 0 amide bonds. The van der Waals surface area contributed by atoms with E-state index in [1.54, 1.807) is 24.3 Å². The van der Waals surface area contributed by atoms with E-state index in [-0.39, 0.29) is 11.7 Å². The number of nitrogen functional groups attached to an aromatic ring is 1. The summed E-state index contributed by atoms with van der Waals surface area (Å²) in [4.78, 5) is 3.60. The number of pyridine rings is 1. The first-order chi connectivity index (χ1) is 9.63. The van der Waals surface area contributed by atoms with Crippen molar-refractivity contribution in [1.29, 1.82) is 0 Å². The Balaban J connectivity index is 2.21. The topological polar surface area (TPSA) is 69.4 Å². The molecule has 0 aliphatic heterocycles. The number of aromatic nitrogens is 1. The number of ether oxygens (including phenoxy) is 2. The zero-order valence-corrected chi connectivity index (χ0v) is 10.7. The number of benzene rings is 1. The maximum Gasteiger partial charge on any atom is 0.258 e. The monoisotopic (exact) mass is 281 g/mol. The van der Waals surface area contributed by atoms with E-state index in [4.69, 9.17) is 15.3 Å². The molecular weight excluding hydrogens is 268 g/mol. The van der Waals surface area contributed by atoms with Crippen LogP contribution in [0.4, 0.5) is 14.6 Å². The molecule has 0 radical (unpaired) electrons. The summed E-state index contributed by atoms with van der Waals surface area (Å²) in [7, 11) is 0. The highest BCUT2D eigenvalue weighted by molar-refractivity contribution is 5.40. The maximum absolute atomic E-state index is 13.5. The van der Waals surface area contributed by atoms with Crippen molar-refractivity contribution in [2.75, 3.05) is 12.0 Å². The number of anilines is 1. The number of rotatable bonds is 5. The molecule has 0 unspecified atom stereocenters. The van der Waals surface area contributed by atoms with Gasteiger partial charge in [-0.2, -0.15) is 4.98 Å². The molecule has 3 N–H and O–H groups in total.